The molecule has 1 aliphatic rings. The smallest absolute Gasteiger partial charge is 0.231 e. The van der Waals surface area contributed by atoms with Crippen molar-refractivity contribution in [1.82, 2.24) is 25.0 Å². The van der Waals surface area contributed by atoms with Crippen LogP contribution in [0.25, 0.3) is 0 Å². The normalized spacial score (nSPS) is 12.9. The maximum absolute atomic E-state index is 5.52. The molecule has 9 heteroatoms. The molecule has 0 unspecified atom stereocenters. The monoisotopic (exact) mass is 440 g/mol. The molecule has 1 aliphatic heterocycles. The van der Waals surface area contributed by atoms with Gasteiger partial charge in [0.2, 0.25) is 6.79 Å². The molecule has 3 aromatic rings. The average molecular weight is 441 g/mol. The van der Waals surface area contributed by atoms with E-state index in [-0.39, 0.29) is 6.79 Å². The first-order valence-corrected chi connectivity index (χ1v) is 11.4. The highest BCUT2D eigenvalue weighted by Crippen LogP contribution is 2.32. The van der Waals surface area contributed by atoms with Crippen molar-refractivity contribution in [3.05, 3.63) is 58.3 Å². The van der Waals surface area contributed by atoms with Crippen molar-refractivity contribution in [2.24, 2.45) is 4.99 Å². The number of guanidine groups is 1. The Hall–Kier alpha value is -3.07. The van der Waals surface area contributed by atoms with Crippen molar-refractivity contribution in [2.75, 3.05) is 26.9 Å². The first-order chi connectivity index (χ1) is 15.2. The van der Waals surface area contributed by atoms with Gasteiger partial charge in [0.05, 0.1) is 0 Å². The van der Waals surface area contributed by atoms with E-state index in [1.807, 2.05) is 12.1 Å². The summed E-state index contributed by atoms with van der Waals surface area (Å²) in [4.78, 5) is 8.35. The van der Waals surface area contributed by atoms with Gasteiger partial charge in [-0.3, -0.25) is 4.99 Å². The number of nitrogens with one attached hydrogen (secondary N) is 1. The van der Waals surface area contributed by atoms with Gasteiger partial charge in [0.15, 0.2) is 17.5 Å². The summed E-state index contributed by atoms with van der Waals surface area (Å²) in [6, 6.07) is 10.3. The third kappa shape index (κ3) is 5.55. The summed E-state index contributed by atoms with van der Waals surface area (Å²) >= 11 is 1.77. The molecule has 0 radical (unpaired) electrons. The molecular formula is C22H28N6O2S. The lowest BCUT2D eigenvalue weighted by molar-refractivity contribution is 0.174. The molecule has 0 spiro atoms. The van der Waals surface area contributed by atoms with Crippen LogP contribution in [0.3, 0.4) is 0 Å². The predicted octanol–water partition coefficient (Wildman–Crippen LogP) is 2.95. The Balaban J connectivity index is 1.40. The summed E-state index contributed by atoms with van der Waals surface area (Å²) in [5, 5.41) is 13.8. The number of hydrogen-bond donors (Lipinski definition) is 1. The molecule has 0 saturated heterocycles. The Labute approximate surface area is 186 Å². The molecular weight excluding hydrogens is 412 g/mol. The Bertz CT molecular complexity index is 1000. The van der Waals surface area contributed by atoms with Crippen LogP contribution in [0.1, 0.15) is 23.2 Å². The summed E-state index contributed by atoms with van der Waals surface area (Å²) in [6.07, 6.45) is 3.59. The van der Waals surface area contributed by atoms with Crippen LogP contribution >= 0.6 is 11.3 Å². The van der Waals surface area contributed by atoms with Crippen molar-refractivity contribution >= 4 is 17.3 Å². The number of hydrogen-bond acceptors (Lipinski definition) is 6. The number of fused-ring (bicyclic) bond motifs is 1. The minimum Gasteiger partial charge on any atom is -0.454 e. The van der Waals surface area contributed by atoms with Gasteiger partial charge in [-0.1, -0.05) is 19.1 Å². The number of aromatic nitrogens is 3. The Morgan fingerprint density at radius 1 is 1.29 bits per heavy atom. The quantitative estimate of drug-likeness (QED) is 0.407. The van der Waals surface area contributed by atoms with E-state index >= 15 is 0 Å². The fourth-order valence-electron chi connectivity index (χ4n) is 3.45. The van der Waals surface area contributed by atoms with E-state index in [1.54, 1.807) is 17.7 Å². The first-order valence-electron chi connectivity index (χ1n) is 10.5. The van der Waals surface area contributed by atoms with E-state index < -0.39 is 0 Å². The second kappa shape index (κ2) is 10.3. The lowest BCUT2D eigenvalue weighted by Gasteiger charge is -2.23. The molecule has 31 heavy (non-hydrogen) atoms. The lowest BCUT2D eigenvalue weighted by Crippen LogP contribution is -2.40. The molecule has 164 valence electrons. The van der Waals surface area contributed by atoms with Crippen molar-refractivity contribution < 1.29 is 9.47 Å². The van der Waals surface area contributed by atoms with E-state index in [0.29, 0.717) is 6.54 Å². The van der Waals surface area contributed by atoms with Crippen LogP contribution in [0.4, 0.5) is 0 Å². The minimum atomic E-state index is 0.286. The summed E-state index contributed by atoms with van der Waals surface area (Å²) in [7, 11) is 2.05. The molecule has 0 bridgehead atoms. The molecule has 2 aromatic heterocycles. The van der Waals surface area contributed by atoms with Gasteiger partial charge in [-0.05, 0) is 29.1 Å². The Kier molecular flexibility index (Phi) is 7.03. The van der Waals surface area contributed by atoms with E-state index in [1.165, 1.54) is 4.88 Å². The van der Waals surface area contributed by atoms with E-state index in [4.69, 9.17) is 14.5 Å². The molecule has 3 heterocycles. The molecule has 1 N–H and O–H groups in total. The van der Waals surface area contributed by atoms with Crippen LogP contribution in [0, 0.1) is 0 Å². The van der Waals surface area contributed by atoms with Crippen LogP contribution in [-0.4, -0.2) is 52.6 Å². The number of aliphatic imine (C=N–C) groups is 1. The summed E-state index contributed by atoms with van der Waals surface area (Å²) < 4.78 is 13.0. The highest BCUT2D eigenvalue weighted by molar-refractivity contribution is 7.09. The molecule has 1 aromatic carbocycles. The third-order valence-electron chi connectivity index (χ3n) is 5.07. The molecule has 0 fully saturated rings. The highest BCUT2D eigenvalue weighted by atomic mass is 32.1. The van der Waals surface area contributed by atoms with Crippen LogP contribution < -0.4 is 14.8 Å². The zero-order valence-electron chi connectivity index (χ0n) is 18.0. The van der Waals surface area contributed by atoms with Gasteiger partial charge in [0, 0.05) is 50.9 Å². The zero-order valence-corrected chi connectivity index (χ0v) is 18.8. The maximum Gasteiger partial charge on any atom is 0.231 e. The van der Waals surface area contributed by atoms with Crippen molar-refractivity contribution in [1.29, 1.82) is 0 Å². The number of thiophene rings is 1. The molecule has 4 rings (SSSR count). The van der Waals surface area contributed by atoms with Crippen LogP contribution in [-0.2, 0) is 25.9 Å². The summed E-state index contributed by atoms with van der Waals surface area (Å²) in [6.45, 7) is 5.36. The average Bonchev–Trinajstić information content (AvgIpc) is 3.53. The number of nitrogens with zero attached hydrogens (tertiary/aromatic N) is 5. The van der Waals surface area contributed by atoms with Gasteiger partial charge in [-0.2, -0.15) is 0 Å². The number of ether oxygens (including phenoxy) is 2. The Morgan fingerprint density at radius 2 is 2.19 bits per heavy atom. The van der Waals surface area contributed by atoms with Gasteiger partial charge >= 0.3 is 0 Å². The SMILES string of the molecule is CCc1nncn1CCNC(=NCCc1cccs1)N(C)Cc1ccc2c(c1)OCO2. The molecule has 8 nitrogen and oxygen atoms in total. The second-order valence-electron chi connectivity index (χ2n) is 7.30. The van der Waals surface area contributed by atoms with Gasteiger partial charge in [0.25, 0.3) is 0 Å². The molecule has 0 aliphatic carbocycles. The van der Waals surface area contributed by atoms with Crippen LogP contribution in [0.5, 0.6) is 11.5 Å². The van der Waals surface area contributed by atoms with E-state index in [2.05, 4.69) is 62.5 Å². The predicted molar refractivity (Wildman–Crippen MR) is 122 cm³/mol. The number of aryl methyl sites for hydroxylation is 1. The topological polar surface area (TPSA) is 76.8 Å². The van der Waals surface area contributed by atoms with Crippen LogP contribution in [0.15, 0.2) is 47.0 Å². The third-order valence-corrected chi connectivity index (χ3v) is 6.00. The molecule has 0 amide bonds. The standard InChI is InChI=1S/C22H28N6O2S/c1-3-21-26-25-15-28(21)11-10-24-22(23-9-8-18-5-4-12-31-18)27(2)14-17-6-7-19-20(13-17)30-16-29-19/h4-7,12-13,15H,3,8-11,14,16H2,1-2H3,(H,23,24). The number of benzene rings is 1. The summed E-state index contributed by atoms with van der Waals surface area (Å²) in [5.41, 5.74) is 1.14. The van der Waals surface area contributed by atoms with Crippen molar-refractivity contribution in [2.45, 2.75) is 32.9 Å². The van der Waals surface area contributed by atoms with Crippen molar-refractivity contribution in [3.8, 4) is 11.5 Å². The van der Waals surface area contributed by atoms with Gasteiger partial charge in [-0.25, -0.2) is 0 Å². The molecule has 0 atom stereocenters. The van der Waals surface area contributed by atoms with Crippen molar-refractivity contribution in [3.63, 3.8) is 0 Å². The van der Waals surface area contributed by atoms with E-state index in [9.17, 15) is 0 Å². The lowest BCUT2D eigenvalue weighted by atomic mass is 10.2. The van der Waals surface area contributed by atoms with Crippen LogP contribution in [0.2, 0.25) is 0 Å². The highest BCUT2D eigenvalue weighted by Gasteiger charge is 2.15. The fraction of sp³-hybridized carbons (Fsp3) is 0.409. The summed E-state index contributed by atoms with van der Waals surface area (Å²) in [5.74, 6) is 3.47. The van der Waals surface area contributed by atoms with E-state index in [0.717, 1.165) is 61.3 Å². The minimum absolute atomic E-state index is 0.286. The zero-order chi connectivity index (χ0) is 21.5. The second-order valence-corrected chi connectivity index (χ2v) is 8.33. The van der Waals surface area contributed by atoms with Gasteiger partial charge < -0.3 is 24.3 Å². The fourth-order valence-corrected chi connectivity index (χ4v) is 4.15. The molecule has 0 saturated carbocycles. The maximum atomic E-state index is 5.52. The van der Waals surface area contributed by atoms with Gasteiger partial charge in [0.1, 0.15) is 12.2 Å². The Morgan fingerprint density at radius 3 is 3.03 bits per heavy atom. The largest absolute Gasteiger partial charge is 0.454 e. The van der Waals surface area contributed by atoms with Gasteiger partial charge in [-0.15, -0.1) is 21.5 Å². The first kappa shape index (κ1) is 21.2. The number of rotatable bonds is 9.